The van der Waals surface area contributed by atoms with Crippen LogP contribution in [-0.2, 0) is 11.2 Å². The molecule has 22 heavy (non-hydrogen) atoms. The third-order valence-corrected chi connectivity index (χ3v) is 4.65. The highest BCUT2D eigenvalue weighted by Gasteiger charge is 2.24. The van der Waals surface area contributed by atoms with Crippen molar-refractivity contribution in [1.29, 1.82) is 0 Å². The van der Waals surface area contributed by atoms with Gasteiger partial charge in [0.25, 0.3) is 0 Å². The predicted octanol–water partition coefficient (Wildman–Crippen LogP) is 0.743. The number of rotatable bonds is 4. The standard InChI is InChI=1S/C14H21N5O2S/c1-18-4-6-19(7-5-18)14(21)17-13-16-11(9-22-13)8-12(20)15-10-2-3-10/h9-10H,2-8H2,1H3,(H,15,20)(H,16,17,21). The lowest BCUT2D eigenvalue weighted by molar-refractivity contribution is -0.120. The van der Waals surface area contributed by atoms with Crippen LogP contribution in [0.5, 0.6) is 0 Å². The summed E-state index contributed by atoms with van der Waals surface area (Å²) < 4.78 is 0. The molecule has 3 rings (SSSR count). The van der Waals surface area contributed by atoms with Gasteiger partial charge < -0.3 is 15.1 Å². The number of hydrogen-bond acceptors (Lipinski definition) is 5. The first-order valence-electron chi connectivity index (χ1n) is 7.58. The van der Waals surface area contributed by atoms with Crippen molar-refractivity contribution in [3.63, 3.8) is 0 Å². The smallest absolute Gasteiger partial charge is 0.323 e. The first-order valence-corrected chi connectivity index (χ1v) is 8.46. The highest BCUT2D eigenvalue weighted by atomic mass is 32.1. The number of hydrogen-bond donors (Lipinski definition) is 2. The number of urea groups is 1. The molecule has 0 aromatic carbocycles. The molecular formula is C14H21N5O2S. The molecule has 0 unspecified atom stereocenters. The van der Waals surface area contributed by atoms with Crippen LogP contribution in [0.1, 0.15) is 18.5 Å². The molecule has 0 spiro atoms. The molecule has 0 atom stereocenters. The number of carbonyl (C=O) groups excluding carboxylic acids is 2. The minimum Gasteiger partial charge on any atom is -0.353 e. The van der Waals surface area contributed by atoms with Crippen molar-refractivity contribution in [3.05, 3.63) is 11.1 Å². The average molecular weight is 323 g/mol. The fourth-order valence-electron chi connectivity index (χ4n) is 2.30. The van der Waals surface area contributed by atoms with Gasteiger partial charge in [-0.1, -0.05) is 0 Å². The van der Waals surface area contributed by atoms with Crippen molar-refractivity contribution in [2.75, 3.05) is 38.5 Å². The Labute approximate surface area is 133 Å². The number of carbonyl (C=O) groups is 2. The molecule has 1 saturated heterocycles. The van der Waals surface area contributed by atoms with E-state index in [2.05, 4.69) is 27.6 Å². The van der Waals surface area contributed by atoms with E-state index in [0.29, 0.717) is 16.9 Å². The number of piperazine rings is 1. The summed E-state index contributed by atoms with van der Waals surface area (Å²) in [6.45, 7) is 3.23. The second kappa shape index (κ2) is 6.62. The Morgan fingerprint density at radius 3 is 2.73 bits per heavy atom. The monoisotopic (exact) mass is 323 g/mol. The lowest BCUT2D eigenvalue weighted by Gasteiger charge is -2.32. The molecular weight excluding hydrogens is 302 g/mol. The van der Waals surface area contributed by atoms with Gasteiger partial charge in [0.1, 0.15) is 0 Å². The zero-order chi connectivity index (χ0) is 15.5. The largest absolute Gasteiger partial charge is 0.353 e. The van der Waals surface area contributed by atoms with Crippen molar-refractivity contribution < 1.29 is 9.59 Å². The number of amides is 3. The summed E-state index contributed by atoms with van der Waals surface area (Å²) in [5.74, 6) is 0.00439. The summed E-state index contributed by atoms with van der Waals surface area (Å²) in [6.07, 6.45) is 2.43. The van der Waals surface area contributed by atoms with Gasteiger partial charge in [0.2, 0.25) is 5.91 Å². The summed E-state index contributed by atoms with van der Waals surface area (Å²) in [5.41, 5.74) is 0.705. The molecule has 1 saturated carbocycles. The van der Waals surface area contributed by atoms with Crippen LogP contribution in [0.2, 0.25) is 0 Å². The van der Waals surface area contributed by atoms with Crippen LogP contribution in [0, 0.1) is 0 Å². The molecule has 1 aliphatic heterocycles. The van der Waals surface area contributed by atoms with Crippen LogP contribution in [0.15, 0.2) is 5.38 Å². The maximum absolute atomic E-state index is 12.1. The Kier molecular flexibility index (Phi) is 4.58. The third kappa shape index (κ3) is 4.17. The maximum atomic E-state index is 12.1. The lowest BCUT2D eigenvalue weighted by atomic mass is 10.3. The fourth-order valence-corrected chi connectivity index (χ4v) is 3.00. The molecule has 7 nitrogen and oxygen atoms in total. The van der Waals surface area contributed by atoms with E-state index in [1.807, 2.05) is 5.38 Å². The van der Waals surface area contributed by atoms with Crippen molar-refractivity contribution >= 4 is 28.4 Å². The molecule has 1 aliphatic carbocycles. The van der Waals surface area contributed by atoms with Crippen molar-refractivity contribution in [1.82, 2.24) is 20.1 Å². The molecule has 3 amide bonds. The molecule has 2 fully saturated rings. The molecule has 120 valence electrons. The van der Waals surface area contributed by atoms with E-state index < -0.39 is 0 Å². The zero-order valence-corrected chi connectivity index (χ0v) is 13.5. The van der Waals surface area contributed by atoms with Gasteiger partial charge in [-0.05, 0) is 19.9 Å². The molecule has 2 aliphatic rings. The van der Waals surface area contributed by atoms with Gasteiger partial charge in [-0.3, -0.25) is 10.1 Å². The third-order valence-electron chi connectivity index (χ3n) is 3.84. The summed E-state index contributed by atoms with van der Waals surface area (Å²) in [4.78, 5) is 32.2. The highest BCUT2D eigenvalue weighted by Crippen LogP contribution is 2.20. The molecule has 0 bridgehead atoms. The molecule has 1 aromatic heterocycles. The summed E-state index contributed by atoms with van der Waals surface area (Å²) in [6, 6.07) is 0.249. The quantitative estimate of drug-likeness (QED) is 0.857. The fraction of sp³-hybridized carbons (Fsp3) is 0.643. The highest BCUT2D eigenvalue weighted by molar-refractivity contribution is 7.13. The molecule has 8 heteroatoms. The first kappa shape index (κ1) is 15.2. The zero-order valence-electron chi connectivity index (χ0n) is 12.7. The Morgan fingerprint density at radius 2 is 2.05 bits per heavy atom. The Hall–Kier alpha value is -1.67. The van der Waals surface area contributed by atoms with Gasteiger partial charge in [-0.15, -0.1) is 11.3 Å². The van der Waals surface area contributed by atoms with Gasteiger partial charge in [-0.25, -0.2) is 9.78 Å². The van der Waals surface area contributed by atoms with Gasteiger partial charge >= 0.3 is 6.03 Å². The Morgan fingerprint density at radius 1 is 1.32 bits per heavy atom. The van der Waals surface area contributed by atoms with Crippen LogP contribution >= 0.6 is 11.3 Å². The number of anilines is 1. The number of likely N-dealkylation sites (N-methyl/N-ethyl adjacent to an activating group) is 1. The van der Waals surface area contributed by atoms with Crippen LogP contribution in [0.25, 0.3) is 0 Å². The topological polar surface area (TPSA) is 77.6 Å². The van der Waals surface area contributed by atoms with E-state index >= 15 is 0 Å². The van der Waals surface area contributed by atoms with Crippen LogP contribution in [0.3, 0.4) is 0 Å². The molecule has 2 N–H and O–H groups in total. The Bertz CT molecular complexity index is 549. The van der Waals surface area contributed by atoms with Crippen LogP contribution < -0.4 is 10.6 Å². The van der Waals surface area contributed by atoms with Crippen molar-refractivity contribution in [2.45, 2.75) is 25.3 Å². The molecule has 1 aromatic rings. The van der Waals surface area contributed by atoms with Gasteiger partial charge in [0, 0.05) is 37.6 Å². The van der Waals surface area contributed by atoms with Gasteiger partial charge in [-0.2, -0.15) is 0 Å². The minimum atomic E-state index is -0.114. The average Bonchev–Trinajstić information content (AvgIpc) is 3.18. The Balaban J connectivity index is 1.48. The minimum absolute atomic E-state index is 0.00439. The number of thiazole rings is 1. The summed E-state index contributed by atoms with van der Waals surface area (Å²) in [7, 11) is 2.05. The number of aromatic nitrogens is 1. The molecule has 0 radical (unpaired) electrons. The maximum Gasteiger partial charge on any atom is 0.323 e. The van der Waals surface area contributed by atoms with E-state index in [0.717, 1.165) is 39.0 Å². The van der Waals surface area contributed by atoms with Crippen molar-refractivity contribution in [3.8, 4) is 0 Å². The van der Waals surface area contributed by atoms with E-state index in [9.17, 15) is 9.59 Å². The van der Waals surface area contributed by atoms with Crippen molar-refractivity contribution in [2.24, 2.45) is 0 Å². The van der Waals surface area contributed by atoms with Crippen LogP contribution in [0.4, 0.5) is 9.93 Å². The SMILES string of the molecule is CN1CCN(C(=O)Nc2nc(CC(=O)NC3CC3)cs2)CC1. The first-order chi connectivity index (χ1) is 10.6. The predicted molar refractivity (Wildman–Crippen MR) is 85.1 cm³/mol. The van der Waals surface area contributed by atoms with Gasteiger partial charge in [0.15, 0.2) is 5.13 Å². The van der Waals surface area contributed by atoms with E-state index in [1.165, 1.54) is 11.3 Å². The normalized spacial score (nSPS) is 19.0. The van der Waals surface area contributed by atoms with E-state index in [-0.39, 0.29) is 18.4 Å². The van der Waals surface area contributed by atoms with Gasteiger partial charge in [0.05, 0.1) is 12.1 Å². The van der Waals surface area contributed by atoms with E-state index in [1.54, 1.807) is 4.90 Å². The summed E-state index contributed by atoms with van der Waals surface area (Å²) in [5, 5.41) is 8.13. The number of nitrogens with one attached hydrogen (secondary N) is 2. The summed E-state index contributed by atoms with van der Waals surface area (Å²) >= 11 is 1.36. The van der Waals surface area contributed by atoms with Crippen LogP contribution in [-0.4, -0.2) is 66.0 Å². The second-order valence-corrected chi connectivity index (χ2v) is 6.74. The second-order valence-electron chi connectivity index (χ2n) is 5.88. The molecule has 2 heterocycles. The van der Waals surface area contributed by atoms with E-state index in [4.69, 9.17) is 0 Å². The number of nitrogens with zero attached hydrogens (tertiary/aromatic N) is 3. The lowest BCUT2D eigenvalue weighted by Crippen LogP contribution is -2.48.